The van der Waals surface area contributed by atoms with E-state index in [1.54, 1.807) is 6.92 Å². The number of hydrogen-bond donors (Lipinski definition) is 3. The normalized spacial score (nSPS) is 30.8. The molecule has 48 heavy (non-hydrogen) atoms. The van der Waals surface area contributed by atoms with Gasteiger partial charge in [-0.2, -0.15) is 0 Å². The summed E-state index contributed by atoms with van der Waals surface area (Å²) in [6, 6.07) is 0. The molecule has 0 aromatic heterocycles. The Morgan fingerprint density at radius 2 is 1.46 bits per heavy atom. The first-order valence-electron chi connectivity index (χ1n) is 19.2. The van der Waals surface area contributed by atoms with E-state index in [-0.39, 0.29) is 53.0 Å². The van der Waals surface area contributed by atoms with Crippen LogP contribution in [-0.4, -0.2) is 56.6 Å². The lowest BCUT2D eigenvalue weighted by atomic mass is 9.83. The second-order valence-corrected chi connectivity index (χ2v) is 16.9. The van der Waals surface area contributed by atoms with Crippen molar-refractivity contribution in [3.63, 3.8) is 0 Å². The maximum atomic E-state index is 13.1. The summed E-state index contributed by atoms with van der Waals surface area (Å²) in [6.45, 7) is 22.8. The van der Waals surface area contributed by atoms with Gasteiger partial charge in [0.15, 0.2) is 5.78 Å². The van der Waals surface area contributed by atoms with Crippen LogP contribution in [0.1, 0.15) is 147 Å². The minimum absolute atomic E-state index is 0.00354. The van der Waals surface area contributed by atoms with E-state index in [9.17, 15) is 24.9 Å². The zero-order chi connectivity index (χ0) is 36.4. The van der Waals surface area contributed by atoms with Crippen LogP contribution in [0.2, 0.25) is 0 Å². The number of allylic oxidation sites excluding steroid dienone is 4. The Kier molecular flexibility index (Phi) is 16.9. The Hall–Kier alpha value is -1.70. The number of carbonyl (C=O) groups is 2. The molecule has 2 heterocycles. The van der Waals surface area contributed by atoms with E-state index in [1.807, 2.05) is 27.7 Å². The maximum Gasteiger partial charge on any atom is 0.306 e. The van der Waals surface area contributed by atoms with Gasteiger partial charge >= 0.3 is 5.97 Å². The van der Waals surface area contributed by atoms with Crippen LogP contribution in [0.5, 0.6) is 0 Å². The molecule has 13 atom stereocenters. The fraction of sp³-hybridized carbons (Fsp3) is 0.854. The third kappa shape index (κ3) is 12.9. The van der Waals surface area contributed by atoms with E-state index in [0.717, 1.165) is 64.2 Å². The van der Waals surface area contributed by atoms with Crippen molar-refractivity contribution < 1.29 is 34.4 Å². The first kappa shape index (κ1) is 42.5. The van der Waals surface area contributed by atoms with Crippen LogP contribution in [0.15, 0.2) is 24.0 Å². The van der Waals surface area contributed by atoms with Gasteiger partial charge < -0.3 is 24.8 Å². The molecule has 2 fully saturated rings. The number of aliphatic hydroxyl groups is 2. The Balaban J connectivity index is 1.78. The molecule has 7 heteroatoms. The van der Waals surface area contributed by atoms with Crippen molar-refractivity contribution in [2.45, 2.75) is 176 Å². The van der Waals surface area contributed by atoms with Crippen molar-refractivity contribution in [1.82, 2.24) is 0 Å². The number of rotatable bonds is 21. The van der Waals surface area contributed by atoms with E-state index >= 15 is 0 Å². The van der Waals surface area contributed by atoms with Crippen molar-refractivity contribution in [1.29, 1.82) is 0 Å². The minimum atomic E-state index is -0.757. The summed E-state index contributed by atoms with van der Waals surface area (Å²) in [6.07, 6.45) is 15.4. The molecule has 0 saturated carbocycles. The third-order valence-electron chi connectivity index (χ3n) is 11.9. The SMILES string of the molecule is CC[C@@H](C[C@@H](C)C[C@H](C)C[C@H](C)C(=O)O)C(=O)/C=C(\O)[C@H](C)C[C@H](C)C/C=C/[C@H](C)[C@@H](C)CC1CCC(C)(C2CCC(C)([C@@H](C)O)O2)O1. The lowest BCUT2D eigenvalue weighted by Gasteiger charge is -2.35. The molecule has 2 aliphatic rings. The molecular formula is C41H72O7. The molecule has 2 saturated heterocycles. The molecule has 0 aromatic rings. The van der Waals surface area contributed by atoms with E-state index in [4.69, 9.17) is 9.47 Å². The molecular weight excluding hydrogens is 604 g/mol. The van der Waals surface area contributed by atoms with Gasteiger partial charge in [0.2, 0.25) is 0 Å². The fourth-order valence-corrected chi connectivity index (χ4v) is 8.07. The largest absolute Gasteiger partial charge is 0.512 e. The average Bonchev–Trinajstić information content (AvgIpc) is 3.59. The molecule has 0 aromatic carbocycles. The van der Waals surface area contributed by atoms with E-state index in [2.05, 4.69) is 53.7 Å². The molecule has 4 unspecified atom stereocenters. The molecule has 2 rings (SSSR count). The van der Waals surface area contributed by atoms with Gasteiger partial charge in [0.25, 0.3) is 0 Å². The van der Waals surface area contributed by atoms with E-state index in [1.165, 1.54) is 6.08 Å². The van der Waals surface area contributed by atoms with Gasteiger partial charge in [-0.15, -0.1) is 0 Å². The molecule has 7 nitrogen and oxygen atoms in total. The van der Waals surface area contributed by atoms with Gasteiger partial charge in [-0.05, 0) is 121 Å². The third-order valence-corrected chi connectivity index (χ3v) is 11.9. The summed E-state index contributed by atoms with van der Waals surface area (Å²) in [5.74, 6) is 0.721. The van der Waals surface area contributed by atoms with Crippen LogP contribution in [0.25, 0.3) is 0 Å². The Labute approximate surface area is 293 Å². The first-order chi connectivity index (χ1) is 22.3. The Morgan fingerprint density at radius 1 is 0.833 bits per heavy atom. The second kappa shape index (κ2) is 19.1. The molecule has 0 aliphatic carbocycles. The lowest BCUT2D eigenvalue weighted by Crippen LogP contribution is -2.44. The van der Waals surface area contributed by atoms with Crippen molar-refractivity contribution in [2.75, 3.05) is 0 Å². The van der Waals surface area contributed by atoms with Crippen molar-refractivity contribution >= 4 is 11.8 Å². The van der Waals surface area contributed by atoms with E-state index in [0.29, 0.717) is 30.1 Å². The number of carboxylic acid groups (broad SMARTS) is 1. The highest BCUT2D eigenvalue weighted by molar-refractivity contribution is 5.92. The lowest BCUT2D eigenvalue weighted by molar-refractivity contribution is -0.170. The molecule has 0 radical (unpaired) electrons. The van der Waals surface area contributed by atoms with Crippen LogP contribution in [0.3, 0.4) is 0 Å². The Morgan fingerprint density at radius 3 is 2.04 bits per heavy atom. The van der Waals surface area contributed by atoms with Gasteiger partial charge in [0, 0.05) is 17.9 Å². The quantitative estimate of drug-likeness (QED) is 0.0630. The topological polar surface area (TPSA) is 113 Å². The number of ether oxygens (including phenoxy) is 2. The highest BCUT2D eigenvalue weighted by Gasteiger charge is 2.51. The second-order valence-electron chi connectivity index (χ2n) is 16.9. The maximum absolute atomic E-state index is 13.1. The number of aliphatic hydroxyl groups excluding tert-OH is 2. The molecule has 278 valence electrons. The van der Waals surface area contributed by atoms with Crippen molar-refractivity contribution in [3.05, 3.63) is 24.0 Å². The fourth-order valence-electron chi connectivity index (χ4n) is 8.07. The number of carboxylic acids is 1. The van der Waals surface area contributed by atoms with Crippen LogP contribution >= 0.6 is 0 Å². The van der Waals surface area contributed by atoms with Crippen molar-refractivity contribution in [2.24, 2.45) is 47.3 Å². The minimum Gasteiger partial charge on any atom is -0.512 e. The highest BCUT2D eigenvalue weighted by atomic mass is 16.6. The number of carbonyl (C=O) groups excluding carboxylic acids is 1. The van der Waals surface area contributed by atoms with E-state index < -0.39 is 17.7 Å². The van der Waals surface area contributed by atoms with Crippen LogP contribution < -0.4 is 0 Å². The standard InChI is InChI=1S/C41H72O7/c1-12-34(23-28(4)20-27(3)22-32(8)39(45)46)37(44)25-36(43)31(7)21-26(2)14-13-15-29(5)30(6)24-35-16-18-41(11,47-35)38-17-19-40(10,48-38)33(9)42/h13,15,25-35,38,42-43H,12,14,16-24H2,1-11H3,(H,45,46)/b15-13+,36-25-/t26-,27+,28+,29+,30+,31-,32+,33-,34+,35?,38?,40?,41?/m1/s1. The predicted molar refractivity (Wildman–Crippen MR) is 195 cm³/mol. The average molecular weight is 677 g/mol. The van der Waals surface area contributed by atoms with Crippen LogP contribution in [-0.2, 0) is 19.1 Å². The summed E-state index contributed by atoms with van der Waals surface area (Å²) >= 11 is 0. The molecule has 3 N–H and O–H groups in total. The molecule has 0 bridgehead atoms. The number of aliphatic carboxylic acids is 1. The number of ketones is 1. The Bertz CT molecular complexity index is 1070. The van der Waals surface area contributed by atoms with Crippen molar-refractivity contribution in [3.8, 4) is 0 Å². The number of hydrogen-bond acceptors (Lipinski definition) is 6. The summed E-state index contributed by atoms with van der Waals surface area (Å²) in [4.78, 5) is 24.3. The predicted octanol–water partition coefficient (Wildman–Crippen LogP) is 9.71. The summed E-state index contributed by atoms with van der Waals surface area (Å²) in [5.41, 5.74) is -0.768. The molecule has 0 amide bonds. The van der Waals surface area contributed by atoms with Gasteiger partial charge in [-0.1, -0.05) is 67.5 Å². The van der Waals surface area contributed by atoms with Gasteiger partial charge in [-0.3, -0.25) is 9.59 Å². The van der Waals surface area contributed by atoms with Crippen LogP contribution in [0.4, 0.5) is 0 Å². The monoisotopic (exact) mass is 677 g/mol. The summed E-state index contributed by atoms with van der Waals surface area (Å²) in [5, 5.41) is 30.2. The van der Waals surface area contributed by atoms with Gasteiger partial charge in [0.05, 0.1) is 41.2 Å². The van der Waals surface area contributed by atoms with Gasteiger partial charge in [-0.25, -0.2) is 0 Å². The summed E-state index contributed by atoms with van der Waals surface area (Å²) < 4.78 is 13.0. The zero-order valence-corrected chi connectivity index (χ0v) is 32.3. The summed E-state index contributed by atoms with van der Waals surface area (Å²) in [7, 11) is 0. The van der Waals surface area contributed by atoms with Crippen LogP contribution in [0, 0.1) is 47.3 Å². The molecule has 2 aliphatic heterocycles. The smallest absolute Gasteiger partial charge is 0.306 e. The zero-order valence-electron chi connectivity index (χ0n) is 32.3. The highest BCUT2D eigenvalue weighted by Crippen LogP contribution is 2.45. The first-order valence-corrected chi connectivity index (χ1v) is 19.2. The van der Waals surface area contributed by atoms with Gasteiger partial charge in [0.1, 0.15) is 0 Å². The molecule has 0 spiro atoms.